The summed E-state index contributed by atoms with van der Waals surface area (Å²) >= 11 is 0. The third kappa shape index (κ3) is 5.84. The van der Waals surface area contributed by atoms with Gasteiger partial charge in [-0.25, -0.2) is 0 Å². The van der Waals surface area contributed by atoms with Crippen LogP contribution in [0.1, 0.15) is 32.8 Å². The summed E-state index contributed by atoms with van der Waals surface area (Å²) in [4.78, 5) is 23.4. The highest BCUT2D eigenvalue weighted by molar-refractivity contribution is 5.96. The maximum absolute atomic E-state index is 11.9. The first kappa shape index (κ1) is 16.2. The molecule has 0 aromatic heterocycles. The van der Waals surface area contributed by atoms with Crippen LogP contribution in [0.25, 0.3) is 0 Å². The van der Waals surface area contributed by atoms with Crippen molar-refractivity contribution in [3.8, 4) is 0 Å². The van der Waals surface area contributed by atoms with Crippen molar-refractivity contribution in [3.63, 3.8) is 0 Å². The molecular formula is C15H22N2O3. The Kier molecular flexibility index (Phi) is 5.27. The smallest absolute Gasteiger partial charge is 0.308 e. The number of nitrogens with two attached hydrogens (primary N) is 1. The summed E-state index contributed by atoms with van der Waals surface area (Å²) in [6.07, 6.45) is -0.144. The van der Waals surface area contributed by atoms with E-state index in [-0.39, 0.29) is 6.42 Å². The summed E-state index contributed by atoms with van der Waals surface area (Å²) in [5.41, 5.74) is 6.87. The predicted octanol–water partition coefficient (Wildman–Crippen LogP) is 1.99. The lowest BCUT2D eigenvalue weighted by atomic mass is 10.1. The molecule has 1 atom stereocenters. The zero-order valence-electron chi connectivity index (χ0n) is 12.4. The Bertz CT molecular complexity index is 475. The molecular weight excluding hydrogens is 256 g/mol. The molecule has 0 fully saturated rings. The Morgan fingerprint density at radius 1 is 1.25 bits per heavy atom. The van der Waals surface area contributed by atoms with Gasteiger partial charge in [0.1, 0.15) is 5.60 Å². The van der Waals surface area contributed by atoms with Crippen LogP contribution < -0.4 is 11.1 Å². The number of rotatable bonds is 4. The molecule has 0 bridgehead atoms. The molecule has 0 saturated carbocycles. The molecule has 0 heterocycles. The Morgan fingerprint density at radius 3 is 2.30 bits per heavy atom. The van der Waals surface area contributed by atoms with Crippen molar-refractivity contribution in [1.29, 1.82) is 0 Å². The molecule has 0 aliphatic carbocycles. The largest absolute Gasteiger partial charge is 0.460 e. The number of aryl methyl sites for hydroxylation is 1. The standard InChI is InChI=1S/C15H22N2O3/c1-10-5-7-11(8-6-10)17-14(19)12(16)9-13(18)20-15(2,3)4/h5-8,12H,9,16H2,1-4H3,(H,17,19)/t12-/m0/s1. The van der Waals surface area contributed by atoms with E-state index in [1.807, 2.05) is 19.1 Å². The van der Waals surface area contributed by atoms with Gasteiger partial charge in [-0.3, -0.25) is 9.59 Å². The van der Waals surface area contributed by atoms with Crippen molar-refractivity contribution in [2.24, 2.45) is 5.73 Å². The highest BCUT2D eigenvalue weighted by Crippen LogP contribution is 2.11. The lowest BCUT2D eigenvalue weighted by Crippen LogP contribution is -2.39. The van der Waals surface area contributed by atoms with Crippen LogP contribution in [0, 0.1) is 6.92 Å². The second-order valence-corrected chi connectivity index (χ2v) is 5.75. The summed E-state index contributed by atoms with van der Waals surface area (Å²) in [6, 6.07) is 6.41. The average Bonchev–Trinajstić information content (AvgIpc) is 2.29. The van der Waals surface area contributed by atoms with E-state index in [1.165, 1.54) is 0 Å². The Morgan fingerprint density at radius 2 is 1.80 bits per heavy atom. The van der Waals surface area contributed by atoms with E-state index in [1.54, 1.807) is 32.9 Å². The number of esters is 1. The van der Waals surface area contributed by atoms with Crippen LogP contribution in [-0.2, 0) is 14.3 Å². The van der Waals surface area contributed by atoms with Crippen LogP contribution in [0.2, 0.25) is 0 Å². The first-order chi connectivity index (χ1) is 9.17. The van der Waals surface area contributed by atoms with Crippen molar-refractivity contribution in [3.05, 3.63) is 29.8 Å². The first-order valence-electron chi connectivity index (χ1n) is 6.52. The molecule has 0 unspecified atom stereocenters. The molecule has 5 heteroatoms. The van der Waals surface area contributed by atoms with Gasteiger partial charge in [0, 0.05) is 5.69 Å². The van der Waals surface area contributed by atoms with Gasteiger partial charge in [-0.05, 0) is 39.8 Å². The minimum atomic E-state index is -0.925. The van der Waals surface area contributed by atoms with Crippen LogP contribution in [0.4, 0.5) is 5.69 Å². The van der Waals surface area contributed by atoms with Gasteiger partial charge in [0.25, 0.3) is 0 Å². The summed E-state index contributed by atoms with van der Waals surface area (Å²) in [6.45, 7) is 7.26. The van der Waals surface area contributed by atoms with Crippen LogP contribution in [0.3, 0.4) is 0 Å². The topological polar surface area (TPSA) is 81.4 Å². The van der Waals surface area contributed by atoms with Crippen molar-refractivity contribution >= 4 is 17.6 Å². The maximum atomic E-state index is 11.9. The van der Waals surface area contributed by atoms with Gasteiger partial charge in [0.2, 0.25) is 5.91 Å². The number of hydrogen-bond acceptors (Lipinski definition) is 4. The fourth-order valence-corrected chi connectivity index (χ4v) is 1.53. The van der Waals surface area contributed by atoms with Gasteiger partial charge in [-0.1, -0.05) is 17.7 Å². The third-order valence-electron chi connectivity index (χ3n) is 2.46. The van der Waals surface area contributed by atoms with Crippen LogP contribution in [0.5, 0.6) is 0 Å². The molecule has 1 rings (SSSR count). The molecule has 0 radical (unpaired) electrons. The highest BCUT2D eigenvalue weighted by atomic mass is 16.6. The molecule has 0 spiro atoms. The Hall–Kier alpha value is -1.88. The average molecular weight is 278 g/mol. The SMILES string of the molecule is Cc1ccc(NC(=O)[C@@H](N)CC(=O)OC(C)(C)C)cc1. The number of nitrogens with one attached hydrogen (secondary N) is 1. The summed E-state index contributed by atoms with van der Waals surface area (Å²) < 4.78 is 5.13. The molecule has 0 aliphatic rings. The first-order valence-corrected chi connectivity index (χ1v) is 6.52. The number of ether oxygens (including phenoxy) is 1. The number of hydrogen-bond donors (Lipinski definition) is 2. The minimum Gasteiger partial charge on any atom is -0.460 e. The molecule has 1 aromatic carbocycles. The van der Waals surface area contributed by atoms with E-state index in [9.17, 15) is 9.59 Å². The van der Waals surface area contributed by atoms with E-state index in [0.29, 0.717) is 5.69 Å². The molecule has 3 N–H and O–H groups in total. The van der Waals surface area contributed by atoms with Crippen molar-refractivity contribution in [1.82, 2.24) is 0 Å². The fraction of sp³-hybridized carbons (Fsp3) is 0.467. The number of carbonyl (C=O) groups excluding carboxylic acids is 2. The number of anilines is 1. The van der Waals surface area contributed by atoms with Crippen molar-refractivity contribution < 1.29 is 14.3 Å². The van der Waals surface area contributed by atoms with E-state index in [2.05, 4.69) is 5.32 Å². The van der Waals surface area contributed by atoms with Crippen LogP contribution in [0.15, 0.2) is 24.3 Å². The zero-order valence-corrected chi connectivity index (χ0v) is 12.4. The molecule has 1 aromatic rings. The number of amides is 1. The molecule has 0 saturated heterocycles. The summed E-state index contributed by atoms with van der Waals surface area (Å²) in [7, 11) is 0. The maximum Gasteiger partial charge on any atom is 0.308 e. The second-order valence-electron chi connectivity index (χ2n) is 5.75. The highest BCUT2D eigenvalue weighted by Gasteiger charge is 2.22. The van der Waals surface area contributed by atoms with Crippen molar-refractivity contribution in [2.75, 3.05) is 5.32 Å². The van der Waals surface area contributed by atoms with Gasteiger partial charge < -0.3 is 15.8 Å². The lowest BCUT2D eigenvalue weighted by Gasteiger charge is -2.20. The Balaban J connectivity index is 2.51. The van der Waals surface area contributed by atoms with E-state index in [0.717, 1.165) is 5.56 Å². The van der Waals surface area contributed by atoms with Crippen molar-refractivity contribution in [2.45, 2.75) is 45.8 Å². The molecule has 5 nitrogen and oxygen atoms in total. The molecule has 20 heavy (non-hydrogen) atoms. The summed E-state index contributed by atoms with van der Waals surface area (Å²) in [5, 5.41) is 2.67. The fourth-order valence-electron chi connectivity index (χ4n) is 1.53. The van der Waals surface area contributed by atoms with E-state index >= 15 is 0 Å². The Labute approximate surface area is 119 Å². The molecule has 0 aliphatic heterocycles. The third-order valence-corrected chi connectivity index (χ3v) is 2.46. The van der Waals surface area contributed by atoms with Gasteiger partial charge in [0.15, 0.2) is 0 Å². The number of benzene rings is 1. The van der Waals surface area contributed by atoms with Gasteiger partial charge in [-0.15, -0.1) is 0 Å². The predicted molar refractivity (Wildman–Crippen MR) is 78.2 cm³/mol. The van der Waals surface area contributed by atoms with Crippen LogP contribution in [-0.4, -0.2) is 23.5 Å². The quantitative estimate of drug-likeness (QED) is 0.825. The van der Waals surface area contributed by atoms with E-state index in [4.69, 9.17) is 10.5 Å². The van der Waals surface area contributed by atoms with Crippen LogP contribution >= 0.6 is 0 Å². The normalized spacial score (nSPS) is 12.7. The lowest BCUT2D eigenvalue weighted by molar-refractivity contribution is -0.155. The monoisotopic (exact) mass is 278 g/mol. The number of carbonyl (C=O) groups is 2. The zero-order chi connectivity index (χ0) is 15.3. The van der Waals surface area contributed by atoms with Gasteiger partial charge in [-0.2, -0.15) is 0 Å². The van der Waals surface area contributed by atoms with E-state index < -0.39 is 23.5 Å². The molecule has 1 amide bonds. The minimum absolute atomic E-state index is 0.144. The van der Waals surface area contributed by atoms with Gasteiger partial charge in [0.05, 0.1) is 12.5 Å². The van der Waals surface area contributed by atoms with Gasteiger partial charge >= 0.3 is 5.97 Å². The second kappa shape index (κ2) is 6.52. The summed E-state index contributed by atoms with van der Waals surface area (Å²) in [5.74, 6) is -0.885. The molecule has 110 valence electrons.